The lowest BCUT2D eigenvalue weighted by atomic mass is 10.2. The van der Waals surface area contributed by atoms with Gasteiger partial charge in [-0.25, -0.2) is 4.39 Å². The predicted molar refractivity (Wildman–Crippen MR) is 60.7 cm³/mol. The molecule has 0 saturated heterocycles. The predicted octanol–water partition coefficient (Wildman–Crippen LogP) is 3.28. The fraction of sp³-hybridized carbons (Fsp3) is 0.455. The Kier molecular flexibility index (Phi) is 4.42. The highest BCUT2D eigenvalue weighted by atomic mass is 32.2. The number of hydrogen-bond donors (Lipinski definition) is 1. The standard InChI is InChI=1S/C11H16FNS/c1-8(2)13-14-7-10-5-4-9(3)11(12)6-10/h4-6,8,13H,7H2,1-3H3. The van der Waals surface area contributed by atoms with E-state index in [4.69, 9.17) is 0 Å². The van der Waals surface area contributed by atoms with Gasteiger partial charge in [-0.15, -0.1) is 0 Å². The average Bonchev–Trinajstić information content (AvgIpc) is 2.10. The maximum absolute atomic E-state index is 13.1. The highest BCUT2D eigenvalue weighted by Crippen LogP contribution is 2.14. The molecule has 0 saturated carbocycles. The molecule has 1 aromatic carbocycles. The third-order valence-corrected chi connectivity index (χ3v) is 2.91. The smallest absolute Gasteiger partial charge is 0.126 e. The van der Waals surface area contributed by atoms with Crippen LogP contribution in [-0.4, -0.2) is 6.04 Å². The lowest BCUT2D eigenvalue weighted by molar-refractivity contribution is 0.617. The van der Waals surface area contributed by atoms with Crippen LogP contribution in [-0.2, 0) is 5.75 Å². The molecule has 0 atom stereocenters. The topological polar surface area (TPSA) is 12.0 Å². The van der Waals surface area contributed by atoms with Crippen molar-refractivity contribution >= 4 is 11.9 Å². The van der Waals surface area contributed by atoms with Crippen LogP contribution in [0.25, 0.3) is 0 Å². The lowest BCUT2D eigenvalue weighted by Crippen LogP contribution is -2.14. The summed E-state index contributed by atoms with van der Waals surface area (Å²) in [5, 5.41) is 0. The Morgan fingerprint density at radius 3 is 2.71 bits per heavy atom. The maximum atomic E-state index is 13.1. The lowest BCUT2D eigenvalue weighted by Gasteiger charge is -2.07. The third-order valence-electron chi connectivity index (χ3n) is 1.79. The van der Waals surface area contributed by atoms with Crippen molar-refractivity contribution in [3.63, 3.8) is 0 Å². The van der Waals surface area contributed by atoms with Crippen molar-refractivity contribution in [2.45, 2.75) is 32.6 Å². The molecule has 1 N–H and O–H groups in total. The van der Waals surface area contributed by atoms with Crippen LogP contribution in [0, 0.1) is 12.7 Å². The Hall–Kier alpha value is -0.540. The zero-order valence-electron chi connectivity index (χ0n) is 8.80. The zero-order chi connectivity index (χ0) is 10.6. The summed E-state index contributed by atoms with van der Waals surface area (Å²) >= 11 is 1.61. The molecule has 0 heterocycles. The highest BCUT2D eigenvalue weighted by Gasteiger charge is 2.00. The van der Waals surface area contributed by atoms with Crippen molar-refractivity contribution < 1.29 is 4.39 Å². The van der Waals surface area contributed by atoms with Crippen molar-refractivity contribution in [2.24, 2.45) is 0 Å². The van der Waals surface area contributed by atoms with Crippen molar-refractivity contribution in [1.82, 2.24) is 4.72 Å². The molecule has 0 amide bonds. The van der Waals surface area contributed by atoms with E-state index in [0.717, 1.165) is 11.3 Å². The van der Waals surface area contributed by atoms with E-state index >= 15 is 0 Å². The van der Waals surface area contributed by atoms with Crippen LogP contribution in [0.15, 0.2) is 18.2 Å². The fourth-order valence-corrected chi connectivity index (χ4v) is 1.78. The van der Waals surface area contributed by atoms with Gasteiger partial charge in [-0.2, -0.15) is 0 Å². The summed E-state index contributed by atoms with van der Waals surface area (Å²) in [6.45, 7) is 5.95. The van der Waals surface area contributed by atoms with Crippen molar-refractivity contribution in [3.8, 4) is 0 Å². The zero-order valence-corrected chi connectivity index (χ0v) is 9.62. The number of halogens is 1. The molecule has 78 valence electrons. The summed E-state index contributed by atoms with van der Waals surface area (Å²) in [5.41, 5.74) is 1.72. The summed E-state index contributed by atoms with van der Waals surface area (Å²) in [6, 6.07) is 5.84. The van der Waals surface area contributed by atoms with Gasteiger partial charge < -0.3 is 0 Å². The van der Waals surface area contributed by atoms with Gasteiger partial charge in [0.2, 0.25) is 0 Å². The molecule has 0 aromatic heterocycles. The second kappa shape index (κ2) is 5.37. The molecular weight excluding hydrogens is 197 g/mol. The monoisotopic (exact) mass is 213 g/mol. The summed E-state index contributed by atoms with van der Waals surface area (Å²) in [6.07, 6.45) is 0. The van der Waals surface area contributed by atoms with Crippen LogP contribution in [0.5, 0.6) is 0 Å². The van der Waals surface area contributed by atoms with Gasteiger partial charge in [-0.05, 0) is 38.0 Å². The first-order valence-electron chi connectivity index (χ1n) is 4.72. The first kappa shape index (κ1) is 11.5. The number of benzene rings is 1. The van der Waals surface area contributed by atoms with Gasteiger partial charge in [0.25, 0.3) is 0 Å². The van der Waals surface area contributed by atoms with Gasteiger partial charge in [0.15, 0.2) is 0 Å². The van der Waals surface area contributed by atoms with Gasteiger partial charge in [0.1, 0.15) is 5.82 Å². The van der Waals surface area contributed by atoms with E-state index in [9.17, 15) is 4.39 Å². The summed E-state index contributed by atoms with van der Waals surface area (Å²) in [4.78, 5) is 0. The Balaban J connectivity index is 2.47. The van der Waals surface area contributed by atoms with E-state index in [1.54, 1.807) is 24.9 Å². The molecule has 1 rings (SSSR count). The minimum atomic E-state index is -0.118. The van der Waals surface area contributed by atoms with E-state index < -0.39 is 0 Å². The largest absolute Gasteiger partial charge is 0.261 e. The Morgan fingerprint density at radius 2 is 2.14 bits per heavy atom. The van der Waals surface area contributed by atoms with E-state index in [1.165, 1.54) is 0 Å². The minimum absolute atomic E-state index is 0.118. The third kappa shape index (κ3) is 3.68. The Bertz CT molecular complexity index is 299. The van der Waals surface area contributed by atoms with Gasteiger partial charge in [0, 0.05) is 11.8 Å². The van der Waals surface area contributed by atoms with E-state index in [1.807, 2.05) is 12.1 Å². The quantitative estimate of drug-likeness (QED) is 0.770. The molecule has 0 aliphatic rings. The summed E-state index contributed by atoms with van der Waals surface area (Å²) in [7, 11) is 0. The van der Waals surface area contributed by atoms with E-state index in [0.29, 0.717) is 11.6 Å². The van der Waals surface area contributed by atoms with Crippen LogP contribution in [0.3, 0.4) is 0 Å². The first-order chi connectivity index (χ1) is 6.59. The number of rotatable bonds is 4. The Morgan fingerprint density at radius 1 is 1.43 bits per heavy atom. The average molecular weight is 213 g/mol. The normalized spacial score (nSPS) is 10.9. The fourth-order valence-electron chi connectivity index (χ4n) is 1.02. The van der Waals surface area contributed by atoms with Gasteiger partial charge >= 0.3 is 0 Å². The second-order valence-electron chi connectivity index (χ2n) is 3.64. The van der Waals surface area contributed by atoms with Gasteiger partial charge in [-0.1, -0.05) is 24.1 Å². The first-order valence-corrected chi connectivity index (χ1v) is 5.70. The number of hydrogen-bond acceptors (Lipinski definition) is 2. The molecule has 0 aliphatic heterocycles. The van der Waals surface area contributed by atoms with Crippen molar-refractivity contribution in [1.29, 1.82) is 0 Å². The SMILES string of the molecule is Cc1ccc(CSNC(C)C)cc1F. The molecule has 0 spiro atoms. The van der Waals surface area contributed by atoms with Crippen LogP contribution in [0.1, 0.15) is 25.0 Å². The van der Waals surface area contributed by atoms with Crippen molar-refractivity contribution in [2.75, 3.05) is 0 Å². The summed E-state index contributed by atoms with van der Waals surface area (Å²) in [5.74, 6) is 0.683. The van der Waals surface area contributed by atoms with Gasteiger partial charge in [-0.3, -0.25) is 4.72 Å². The Labute approximate surface area is 89.2 Å². The molecule has 1 nitrogen and oxygen atoms in total. The molecule has 0 aliphatic carbocycles. The number of aryl methyl sites for hydroxylation is 1. The number of nitrogens with one attached hydrogen (secondary N) is 1. The maximum Gasteiger partial charge on any atom is 0.126 e. The van der Waals surface area contributed by atoms with Crippen LogP contribution in [0.4, 0.5) is 4.39 Å². The molecular formula is C11H16FNS. The molecule has 3 heteroatoms. The van der Waals surface area contributed by atoms with Crippen LogP contribution < -0.4 is 4.72 Å². The van der Waals surface area contributed by atoms with E-state index in [-0.39, 0.29) is 5.82 Å². The molecule has 0 bridgehead atoms. The van der Waals surface area contributed by atoms with Crippen molar-refractivity contribution in [3.05, 3.63) is 35.1 Å². The second-order valence-corrected chi connectivity index (χ2v) is 4.46. The van der Waals surface area contributed by atoms with Gasteiger partial charge in [0.05, 0.1) is 0 Å². The molecule has 0 unspecified atom stereocenters. The highest BCUT2D eigenvalue weighted by molar-refractivity contribution is 7.96. The summed E-state index contributed by atoms with van der Waals surface area (Å²) < 4.78 is 16.4. The molecule has 14 heavy (non-hydrogen) atoms. The molecule has 0 radical (unpaired) electrons. The minimum Gasteiger partial charge on any atom is -0.261 e. The van der Waals surface area contributed by atoms with E-state index in [2.05, 4.69) is 18.6 Å². The van der Waals surface area contributed by atoms with Crippen LogP contribution >= 0.6 is 11.9 Å². The molecule has 1 aromatic rings. The molecule has 0 fully saturated rings. The van der Waals surface area contributed by atoms with Crippen LogP contribution in [0.2, 0.25) is 0 Å².